The molecule has 0 radical (unpaired) electrons. The van der Waals surface area contributed by atoms with Crippen LogP contribution in [0.4, 0.5) is 0 Å². The number of aryl methyl sites for hydroxylation is 1. The lowest BCUT2D eigenvalue weighted by Crippen LogP contribution is -2.42. The summed E-state index contributed by atoms with van der Waals surface area (Å²) in [4.78, 5) is 18.8. The molecule has 1 saturated carbocycles. The van der Waals surface area contributed by atoms with Gasteiger partial charge in [0, 0.05) is 44.9 Å². The predicted molar refractivity (Wildman–Crippen MR) is 97.9 cm³/mol. The second-order valence-corrected chi connectivity index (χ2v) is 7.98. The van der Waals surface area contributed by atoms with E-state index < -0.39 is 6.10 Å². The summed E-state index contributed by atoms with van der Waals surface area (Å²) in [5, 5.41) is 10.6. The Balaban J connectivity index is 1.45. The Morgan fingerprint density at radius 2 is 2.08 bits per heavy atom. The van der Waals surface area contributed by atoms with Gasteiger partial charge in [0.2, 0.25) is 5.91 Å². The first-order valence-corrected chi connectivity index (χ1v) is 10.1. The number of carbonyl (C=O) groups is 1. The smallest absolute Gasteiger partial charge is 0.222 e. The lowest BCUT2D eigenvalue weighted by atomic mass is 9.85. The monoisotopic (exact) mass is 347 g/mol. The maximum absolute atomic E-state index is 12.6. The molecule has 3 rings (SSSR count). The number of carbonyl (C=O) groups excluding carboxylic acids is 1. The number of aliphatic hydroxyl groups is 1. The highest BCUT2D eigenvalue weighted by Gasteiger charge is 2.30. The van der Waals surface area contributed by atoms with E-state index in [4.69, 9.17) is 0 Å². The molecule has 2 fully saturated rings. The summed E-state index contributed by atoms with van der Waals surface area (Å²) in [6.45, 7) is 1.50. The Morgan fingerprint density at radius 1 is 1.28 bits per heavy atom. The van der Waals surface area contributed by atoms with Crippen LogP contribution in [0.25, 0.3) is 0 Å². The zero-order chi connectivity index (χ0) is 17.6. The molecule has 25 heavy (non-hydrogen) atoms. The molecule has 2 heterocycles. The summed E-state index contributed by atoms with van der Waals surface area (Å²) in [7, 11) is 1.91. The van der Waals surface area contributed by atoms with E-state index in [9.17, 15) is 9.90 Å². The first kappa shape index (κ1) is 18.4. The zero-order valence-corrected chi connectivity index (χ0v) is 15.6. The van der Waals surface area contributed by atoms with Crippen LogP contribution in [0.1, 0.15) is 76.1 Å². The van der Waals surface area contributed by atoms with Crippen molar-refractivity contribution in [1.82, 2.24) is 14.5 Å². The third-order valence-corrected chi connectivity index (χ3v) is 6.11. The van der Waals surface area contributed by atoms with Crippen molar-refractivity contribution in [2.45, 2.75) is 70.3 Å². The molecule has 1 aromatic rings. The van der Waals surface area contributed by atoms with Crippen LogP contribution >= 0.6 is 0 Å². The van der Waals surface area contributed by atoms with Gasteiger partial charge in [-0.05, 0) is 31.6 Å². The van der Waals surface area contributed by atoms with E-state index in [1.807, 2.05) is 22.7 Å². The summed E-state index contributed by atoms with van der Waals surface area (Å²) >= 11 is 0. The highest BCUT2D eigenvalue weighted by atomic mass is 16.3. The SMILES string of the molecule is Cn1ccnc1C(O)C1CCCN(C(=O)CCCC2CCCCC2)C1. The standard InChI is InChI=1S/C20H33N3O2/c1-22-14-12-21-20(22)19(25)17-10-6-13-23(15-17)18(24)11-5-9-16-7-3-2-4-8-16/h12,14,16-17,19,25H,2-11,13,15H2,1H3. The maximum atomic E-state index is 12.6. The summed E-state index contributed by atoms with van der Waals surface area (Å²) in [5.74, 6) is 1.92. The highest BCUT2D eigenvalue weighted by Crippen LogP contribution is 2.30. The van der Waals surface area contributed by atoms with E-state index in [1.54, 1.807) is 6.20 Å². The fourth-order valence-electron chi connectivity index (χ4n) is 4.54. The van der Waals surface area contributed by atoms with Crippen molar-refractivity contribution in [3.05, 3.63) is 18.2 Å². The molecule has 1 N–H and O–H groups in total. The Bertz CT molecular complexity index is 551. The molecule has 2 unspecified atom stereocenters. The lowest BCUT2D eigenvalue weighted by molar-refractivity contribution is -0.134. The van der Waals surface area contributed by atoms with Crippen LogP contribution in [-0.4, -0.2) is 38.6 Å². The van der Waals surface area contributed by atoms with E-state index in [2.05, 4.69) is 4.98 Å². The van der Waals surface area contributed by atoms with Crippen LogP contribution in [-0.2, 0) is 11.8 Å². The first-order chi connectivity index (χ1) is 12.1. The van der Waals surface area contributed by atoms with Gasteiger partial charge in [-0.25, -0.2) is 4.98 Å². The molecule has 5 heteroatoms. The Kier molecular flexibility index (Phi) is 6.51. The van der Waals surface area contributed by atoms with E-state index in [-0.39, 0.29) is 11.8 Å². The fourth-order valence-corrected chi connectivity index (χ4v) is 4.54. The van der Waals surface area contributed by atoms with Gasteiger partial charge in [0.1, 0.15) is 11.9 Å². The Morgan fingerprint density at radius 3 is 2.80 bits per heavy atom. The lowest BCUT2D eigenvalue weighted by Gasteiger charge is -2.35. The highest BCUT2D eigenvalue weighted by molar-refractivity contribution is 5.76. The second kappa shape index (κ2) is 8.84. The van der Waals surface area contributed by atoms with Gasteiger partial charge >= 0.3 is 0 Å². The van der Waals surface area contributed by atoms with Crippen molar-refractivity contribution >= 4 is 5.91 Å². The Hall–Kier alpha value is -1.36. The fraction of sp³-hybridized carbons (Fsp3) is 0.800. The molecule has 0 bridgehead atoms. The second-order valence-electron chi connectivity index (χ2n) is 7.98. The molecule has 140 valence electrons. The molecule has 5 nitrogen and oxygen atoms in total. The summed E-state index contributed by atoms with van der Waals surface area (Å²) in [6.07, 6.45) is 14.7. The van der Waals surface area contributed by atoms with Gasteiger partial charge in [-0.2, -0.15) is 0 Å². The molecule has 2 aliphatic rings. The molecular formula is C20H33N3O2. The molecular weight excluding hydrogens is 314 g/mol. The number of likely N-dealkylation sites (tertiary alicyclic amines) is 1. The topological polar surface area (TPSA) is 58.4 Å². The molecule has 0 aromatic carbocycles. The van der Waals surface area contributed by atoms with Crippen molar-refractivity contribution in [2.24, 2.45) is 18.9 Å². The average Bonchev–Trinajstić information content (AvgIpc) is 3.08. The zero-order valence-electron chi connectivity index (χ0n) is 15.6. The third-order valence-electron chi connectivity index (χ3n) is 6.11. The number of amides is 1. The van der Waals surface area contributed by atoms with Crippen molar-refractivity contribution in [3.8, 4) is 0 Å². The van der Waals surface area contributed by atoms with Gasteiger partial charge in [0.15, 0.2) is 0 Å². The van der Waals surface area contributed by atoms with E-state index in [1.165, 1.54) is 38.5 Å². The largest absolute Gasteiger partial charge is 0.385 e. The first-order valence-electron chi connectivity index (χ1n) is 10.1. The van der Waals surface area contributed by atoms with E-state index in [0.717, 1.165) is 31.7 Å². The number of nitrogens with zero attached hydrogens (tertiary/aromatic N) is 3. The minimum absolute atomic E-state index is 0.0946. The van der Waals surface area contributed by atoms with Crippen molar-refractivity contribution in [3.63, 3.8) is 0 Å². The van der Waals surface area contributed by atoms with Gasteiger partial charge in [-0.1, -0.05) is 32.1 Å². The van der Waals surface area contributed by atoms with Gasteiger partial charge < -0.3 is 14.6 Å². The number of aromatic nitrogens is 2. The van der Waals surface area contributed by atoms with Crippen LogP contribution in [0, 0.1) is 11.8 Å². The summed E-state index contributed by atoms with van der Waals surface area (Å²) in [5.41, 5.74) is 0. The van der Waals surface area contributed by atoms with Crippen molar-refractivity contribution < 1.29 is 9.90 Å². The van der Waals surface area contributed by atoms with Crippen LogP contribution in [0.15, 0.2) is 12.4 Å². The van der Waals surface area contributed by atoms with Crippen LogP contribution in [0.3, 0.4) is 0 Å². The number of rotatable bonds is 6. The number of aliphatic hydroxyl groups excluding tert-OH is 1. The van der Waals surface area contributed by atoms with Crippen molar-refractivity contribution in [1.29, 1.82) is 0 Å². The molecule has 2 atom stereocenters. The summed E-state index contributed by atoms with van der Waals surface area (Å²) in [6, 6.07) is 0. The summed E-state index contributed by atoms with van der Waals surface area (Å²) < 4.78 is 1.87. The third kappa shape index (κ3) is 4.84. The number of imidazole rings is 1. The molecule has 1 aliphatic heterocycles. The molecule has 1 aromatic heterocycles. The van der Waals surface area contributed by atoms with E-state index >= 15 is 0 Å². The van der Waals surface area contributed by atoms with Crippen LogP contribution in [0.5, 0.6) is 0 Å². The van der Waals surface area contributed by atoms with Gasteiger partial charge in [-0.15, -0.1) is 0 Å². The average molecular weight is 348 g/mol. The van der Waals surface area contributed by atoms with E-state index in [0.29, 0.717) is 18.8 Å². The molecule has 1 amide bonds. The number of piperidine rings is 1. The van der Waals surface area contributed by atoms with Crippen LogP contribution in [0.2, 0.25) is 0 Å². The van der Waals surface area contributed by atoms with Gasteiger partial charge in [-0.3, -0.25) is 4.79 Å². The quantitative estimate of drug-likeness (QED) is 0.857. The van der Waals surface area contributed by atoms with Gasteiger partial charge in [0.25, 0.3) is 0 Å². The number of hydrogen-bond donors (Lipinski definition) is 1. The molecule has 1 saturated heterocycles. The Labute approximate surface area is 151 Å². The molecule has 1 aliphatic carbocycles. The number of hydrogen-bond acceptors (Lipinski definition) is 3. The predicted octanol–water partition coefficient (Wildman–Crippen LogP) is 3.44. The minimum atomic E-state index is -0.585. The molecule has 0 spiro atoms. The van der Waals surface area contributed by atoms with Crippen LogP contribution < -0.4 is 0 Å². The van der Waals surface area contributed by atoms with Gasteiger partial charge in [0.05, 0.1) is 0 Å². The van der Waals surface area contributed by atoms with Crippen molar-refractivity contribution in [2.75, 3.05) is 13.1 Å². The minimum Gasteiger partial charge on any atom is -0.385 e. The normalized spacial score (nSPS) is 23.6. The maximum Gasteiger partial charge on any atom is 0.222 e.